The molecule has 1 fully saturated rings. The number of rotatable bonds is 2. The van der Waals surface area contributed by atoms with Crippen molar-refractivity contribution in [1.29, 1.82) is 0 Å². The van der Waals surface area contributed by atoms with E-state index in [0.717, 1.165) is 19.3 Å². The molecule has 0 aromatic heterocycles. The molecule has 0 aliphatic heterocycles. The first kappa shape index (κ1) is 10.6. The highest BCUT2D eigenvalue weighted by Crippen LogP contribution is 2.24. The van der Waals surface area contributed by atoms with Crippen LogP contribution in [0.3, 0.4) is 0 Å². The molecular weight excluding hydrogens is 140 g/mol. The quantitative estimate of drug-likeness (QED) is 0.665. The average molecular weight is 158 g/mol. The number of carbonyl (C=O) groups is 1. The minimum Gasteiger partial charge on any atom is -0.396 e. The van der Waals surface area contributed by atoms with Crippen molar-refractivity contribution in [2.75, 3.05) is 6.61 Å². The van der Waals surface area contributed by atoms with Crippen LogP contribution in [0, 0.1) is 5.92 Å². The second-order valence-electron chi connectivity index (χ2n) is 2.66. The zero-order chi connectivity index (χ0) is 8.69. The van der Waals surface area contributed by atoms with Gasteiger partial charge in [0, 0.05) is 19.4 Å². The van der Waals surface area contributed by atoms with Crippen LogP contribution in [-0.2, 0) is 4.79 Å². The Bertz CT molecular complexity index is 110. The van der Waals surface area contributed by atoms with Gasteiger partial charge in [-0.15, -0.1) is 0 Å². The van der Waals surface area contributed by atoms with Gasteiger partial charge in [0.15, 0.2) is 0 Å². The predicted octanol–water partition coefficient (Wildman–Crippen LogP) is 1.76. The highest BCUT2D eigenvalue weighted by atomic mass is 16.3. The van der Waals surface area contributed by atoms with E-state index in [1.54, 1.807) is 0 Å². The van der Waals surface area contributed by atoms with E-state index in [0.29, 0.717) is 18.1 Å². The Hall–Kier alpha value is -0.370. The zero-order valence-corrected chi connectivity index (χ0v) is 7.47. The molecule has 0 amide bonds. The lowest BCUT2D eigenvalue weighted by Gasteiger charge is -2.01. The van der Waals surface area contributed by atoms with Crippen molar-refractivity contribution in [2.24, 2.45) is 5.92 Å². The van der Waals surface area contributed by atoms with E-state index in [1.807, 2.05) is 13.8 Å². The van der Waals surface area contributed by atoms with Crippen molar-refractivity contribution in [1.82, 2.24) is 0 Å². The largest absolute Gasteiger partial charge is 0.396 e. The van der Waals surface area contributed by atoms with E-state index in [1.165, 1.54) is 0 Å². The summed E-state index contributed by atoms with van der Waals surface area (Å²) in [4.78, 5) is 10.6. The Morgan fingerprint density at radius 2 is 2.18 bits per heavy atom. The lowest BCUT2D eigenvalue weighted by molar-refractivity contribution is -0.117. The zero-order valence-electron chi connectivity index (χ0n) is 7.47. The Balaban J connectivity index is 0.000000461. The van der Waals surface area contributed by atoms with Crippen LogP contribution in [0.1, 0.15) is 39.5 Å². The third-order valence-corrected chi connectivity index (χ3v) is 1.89. The molecule has 1 atom stereocenters. The lowest BCUT2D eigenvalue weighted by atomic mass is 10.1. The fourth-order valence-electron chi connectivity index (χ4n) is 1.32. The number of hydrogen-bond acceptors (Lipinski definition) is 2. The van der Waals surface area contributed by atoms with E-state index in [9.17, 15) is 4.79 Å². The van der Waals surface area contributed by atoms with Crippen LogP contribution in [0.15, 0.2) is 0 Å². The maximum absolute atomic E-state index is 10.6. The molecule has 1 aliphatic rings. The maximum atomic E-state index is 10.6. The molecule has 0 aromatic carbocycles. The van der Waals surface area contributed by atoms with Gasteiger partial charge in [-0.1, -0.05) is 13.8 Å². The third kappa shape index (κ3) is 4.14. The highest BCUT2D eigenvalue weighted by molar-refractivity contribution is 5.80. The van der Waals surface area contributed by atoms with Crippen LogP contribution < -0.4 is 0 Å². The first-order valence-electron chi connectivity index (χ1n) is 4.45. The Morgan fingerprint density at radius 1 is 1.55 bits per heavy atom. The molecule has 1 rings (SSSR count). The molecule has 1 aliphatic carbocycles. The molecule has 0 spiro atoms. The molecule has 11 heavy (non-hydrogen) atoms. The molecule has 0 saturated heterocycles. The van der Waals surface area contributed by atoms with Crippen LogP contribution in [0.5, 0.6) is 0 Å². The third-order valence-electron chi connectivity index (χ3n) is 1.89. The molecule has 1 saturated carbocycles. The predicted molar refractivity (Wildman–Crippen MR) is 45.4 cm³/mol. The fraction of sp³-hybridized carbons (Fsp3) is 0.889. The molecule has 1 N–H and O–H groups in total. The number of aliphatic hydroxyl groups excluding tert-OH is 1. The molecule has 2 nitrogen and oxygen atoms in total. The summed E-state index contributed by atoms with van der Waals surface area (Å²) >= 11 is 0. The summed E-state index contributed by atoms with van der Waals surface area (Å²) in [6.45, 7) is 4.23. The first-order valence-corrected chi connectivity index (χ1v) is 4.45. The van der Waals surface area contributed by atoms with E-state index in [4.69, 9.17) is 5.11 Å². The topological polar surface area (TPSA) is 37.3 Å². The minimum atomic E-state index is 0.234. The number of Topliss-reactive ketones (excluding diaryl/α,β-unsaturated/α-hetero) is 1. The summed E-state index contributed by atoms with van der Waals surface area (Å²) in [5.41, 5.74) is 0. The fourth-order valence-corrected chi connectivity index (χ4v) is 1.32. The first-order chi connectivity index (χ1) is 5.33. The number of carbonyl (C=O) groups excluding carboxylic acids is 1. The van der Waals surface area contributed by atoms with Crippen molar-refractivity contribution in [3.05, 3.63) is 0 Å². The van der Waals surface area contributed by atoms with Gasteiger partial charge >= 0.3 is 0 Å². The van der Waals surface area contributed by atoms with Gasteiger partial charge in [0.25, 0.3) is 0 Å². The average Bonchev–Trinajstić information content (AvgIpc) is 2.41. The van der Waals surface area contributed by atoms with Gasteiger partial charge in [-0.2, -0.15) is 0 Å². The Labute approximate surface area is 68.6 Å². The molecule has 0 bridgehead atoms. The standard InChI is InChI=1S/C7H12O2.C2H6/c8-4-3-6-1-2-7(9)5-6;1-2/h6,8H,1-5H2;1-2H3. The lowest BCUT2D eigenvalue weighted by Crippen LogP contribution is -1.97. The highest BCUT2D eigenvalue weighted by Gasteiger charge is 2.20. The van der Waals surface area contributed by atoms with E-state index in [-0.39, 0.29) is 6.61 Å². The normalized spacial score (nSPS) is 22.8. The molecule has 0 aromatic rings. The maximum Gasteiger partial charge on any atom is 0.133 e. The Morgan fingerprint density at radius 3 is 2.55 bits per heavy atom. The molecule has 2 heteroatoms. The van der Waals surface area contributed by atoms with E-state index >= 15 is 0 Å². The van der Waals surface area contributed by atoms with Gasteiger partial charge in [0.1, 0.15) is 5.78 Å². The monoisotopic (exact) mass is 158 g/mol. The van der Waals surface area contributed by atoms with Crippen molar-refractivity contribution < 1.29 is 9.90 Å². The number of hydrogen-bond donors (Lipinski definition) is 1. The molecule has 0 radical (unpaired) electrons. The van der Waals surface area contributed by atoms with Gasteiger partial charge < -0.3 is 5.11 Å². The molecule has 0 heterocycles. The molecule has 66 valence electrons. The van der Waals surface area contributed by atoms with Gasteiger partial charge in [0.05, 0.1) is 0 Å². The van der Waals surface area contributed by atoms with Gasteiger partial charge in [-0.05, 0) is 18.8 Å². The van der Waals surface area contributed by atoms with Crippen LogP contribution in [0.25, 0.3) is 0 Å². The number of ketones is 1. The van der Waals surface area contributed by atoms with Crippen LogP contribution in [-0.4, -0.2) is 17.5 Å². The minimum absolute atomic E-state index is 0.234. The van der Waals surface area contributed by atoms with Gasteiger partial charge in [0.2, 0.25) is 0 Å². The summed E-state index contributed by atoms with van der Waals surface area (Å²) in [5, 5.41) is 8.50. The smallest absolute Gasteiger partial charge is 0.133 e. The van der Waals surface area contributed by atoms with E-state index < -0.39 is 0 Å². The summed E-state index contributed by atoms with van der Waals surface area (Å²) in [5.74, 6) is 0.857. The van der Waals surface area contributed by atoms with Crippen LogP contribution in [0.4, 0.5) is 0 Å². The van der Waals surface area contributed by atoms with Crippen LogP contribution >= 0.6 is 0 Å². The summed E-state index contributed by atoms with van der Waals surface area (Å²) < 4.78 is 0. The van der Waals surface area contributed by atoms with Crippen molar-refractivity contribution in [3.63, 3.8) is 0 Å². The van der Waals surface area contributed by atoms with Gasteiger partial charge in [-0.25, -0.2) is 0 Å². The summed E-state index contributed by atoms with van der Waals surface area (Å²) in [6.07, 6.45) is 3.26. The van der Waals surface area contributed by atoms with Crippen molar-refractivity contribution >= 4 is 5.78 Å². The summed E-state index contributed by atoms with van der Waals surface area (Å²) in [6, 6.07) is 0. The van der Waals surface area contributed by atoms with Crippen LogP contribution in [0.2, 0.25) is 0 Å². The van der Waals surface area contributed by atoms with Gasteiger partial charge in [-0.3, -0.25) is 4.79 Å². The van der Waals surface area contributed by atoms with Crippen molar-refractivity contribution in [2.45, 2.75) is 39.5 Å². The Kier molecular flexibility index (Phi) is 6.13. The molecule has 1 unspecified atom stereocenters. The second-order valence-corrected chi connectivity index (χ2v) is 2.66. The second kappa shape index (κ2) is 6.35. The van der Waals surface area contributed by atoms with Crippen molar-refractivity contribution in [3.8, 4) is 0 Å². The molecular formula is C9H18O2. The number of aliphatic hydroxyl groups is 1. The SMILES string of the molecule is CC.O=C1CCC(CCO)C1. The van der Waals surface area contributed by atoms with E-state index in [2.05, 4.69) is 0 Å². The summed E-state index contributed by atoms with van der Waals surface area (Å²) in [7, 11) is 0.